The topological polar surface area (TPSA) is 52.9 Å². The van der Waals surface area contributed by atoms with Crippen molar-refractivity contribution in [2.24, 2.45) is 11.8 Å². The molecule has 25 heavy (non-hydrogen) atoms. The van der Waals surface area contributed by atoms with Crippen LogP contribution in [0.2, 0.25) is 0 Å². The number of alkyl halides is 3. The predicted molar refractivity (Wildman–Crippen MR) is 90.7 cm³/mol. The number of carbonyl (C=O) groups excluding carboxylic acids is 1. The van der Waals surface area contributed by atoms with Crippen molar-refractivity contribution in [1.82, 2.24) is 5.32 Å². The van der Waals surface area contributed by atoms with E-state index in [1.165, 1.54) is 12.1 Å². The van der Waals surface area contributed by atoms with Crippen LogP contribution < -0.4 is 5.32 Å². The van der Waals surface area contributed by atoms with Crippen molar-refractivity contribution in [2.45, 2.75) is 48.9 Å². The molecule has 0 saturated heterocycles. The quantitative estimate of drug-likeness (QED) is 0.584. The lowest BCUT2D eigenvalue weighted by Gasteiger charge is -2.30. The summed E-state index contributed by atoms with van der Waals surface area (Å²) >= 11 is -0.112. The Morgan fingerprint density at radius 2 is 1.92 bits per heavy atom. The molecule has 1 aliphatic carbocycles. The van der Waals surface area contributed by atoms with Crippen LogP contribution in [0, 0.1) is 23.2 Å². The molecule has 1 aromatic rings. The molecule has 0 heterocycles. The van der Waals surface area contributed by atoms with Crippen LogP contribution in [-0.2, 0) is 11.2 Å². The summed E-state index contributed by atoms with van der Waals surface area (Å²) in [6.07, 6.45) is 5.49. The number of nitriles is 1. The van der Waals surface area contributed by atoms with Gasteiger partial charge in [-0.3, -0.25) is 4.79 Å². The maximum absolute atomic E-state index is 12.3. The molecule has 1 amide bonds. The van der Waals surface area contributed by atoms with Crippen molar-refractivity contribution in [3.05, 3.63) is 29.8 Å². The summed E-state index contributed by atoms with van der Waals surface area (Å²) in [6, 6.07) is 8.35. The number of amides is 1. The maximum Gasteiger partial charge on any atom is 0.446 e. The van der Waals surface area contributed by atoms with E-state index in [9.17, 15) is 18.0 Å². The third kappa shape index (κ3) is 6.62. The third-order valence-electron chi connectivity index (χ3n) is 4.55. The van der Waals surface area contributed by atoms with Crippen molar-refractivity contribution in [3.8, 4) is 6.07 Å². The number of aryl methyl sites for hydroxylation is 1. The zero-order valence-electron chi connectivity index (χ0n) is 13.8. The zero-order valence-corrected chi connectivity index (χ0v) is 14.6. The van der Waals surface area contributed by atoms with E-state index in [2.05, 4.69) is 5.32 Å². The average Bonchev–Trinajstić information content (AvgIpc) is 2.58. The number of hydrogen-bond donors (Lipinski definition) is 1. The molecule has 1 saturated carbocycles. The van der Waals surface area contributed by atoms with Crippen LogP contribution in [0.5, 0.6) is 0 Å². The number of thioether (sulfide) groups is 1. The molecule has 2 atom stereocenters. The highest BCUT2D eigenvalue weighted by Crippen LogP contribution is 2.37. The second-order valence-corrected chi connectivity index (χ2v) is 7.40. The first-order valence-electron chi connectivity index (χ1n) is 8.38. The van der Waals surface area contributed by atoms with Gasteiger partial charge in [0.1, 0.15) is 6.54 Å². The maximum atomic E-state index is 12.3. The van der Waals surface area contributed by atoms with Crippen molar-refractivity contribution in [1.29, 1.82) is 5.26 Å². The first-order chi connectivity index (χ1) is 11.9. The molecule has 1 fully saturated rings. The van der Waals surface area contributed by atoms with Crippen molar-refractivity contribution in [2.75, 3.05) is 6.54 Å². The van der Waals surface area contributed by atoms with Crippen LogP contribution in [0.3, 0.4) is 0 Å². The molecule has 0 aromatic heterocycles. The Labute approximate surface area is 150 Å². The van der Waals surface area contributed by atoms with Crippen molar-refractivity contribution in [3.63, 3.8) is 0 Å². The zero-order chi connectivity index (χ0) is 18.3. The van der Waals surface area contributed by atoms with Crippen LogP contribution in [0.15, 0.2) is 29.2 Å². The second kappa shape index (κ2) is 9.14. The lowest BCUT2D eigenvalue weighted by Crippen LogP contribution is -2.37. The van der Waals surface area contributed by atoms with E-state index < -0.39 is 5.51 Å². The number of nitrogens with zero attached hydrogens (tertiary/aromatic N) is 1. The fourth-order valence-corrected chi connectivity index (χ4v) is 3.91. The van der Waals surface area contributed by atoms with Gasteiger partial charge in [0.05, 0.1) is 6.07 Å². The number of rotatable bonds is 6. The SMILES string of the molecule is N#CCNC(=O)C1CCCCC1CCc1ccc(SC(F)(F)F)cc1. The molecule has 136 valence electrons. The first kappa shape index (κ1) is 19.6. The summed E-state index contributed by atoms with van der Waals surface area (Å²) in [7, 11) is 0. The fourth-order valence-electron chi connectivity index (χ4n) is 3.37. The van der Waals surface area contributed by atoms with Gasteiger partial charge in [-0.15, -0.1) is 0 Å². The van der Waals surface area contributed by atoms with E-state index in [1.54, 1.807) is 12.1 Å². The number of carbonyl (C=O) groups is 1. The van der Waals surface area contributed by atoms with Gasteiger partial charge in [-0.2, -0.15) is 18.4 Å². The van der Waals surface area contributed by atoms with E-state index in [0.29, 0.717) is 0 Å². The fraction of sp³-hybridized carbons (Fsp3) is 0.556. The summed E-state index contributed by atoms with van der Waals surface area (Å²) in [6.45, 7) is 0.0282. The third-order valence-corrected chi connectivity index (χ3v) is 5.29. The van der Waals surface area contributed by atoms with Crippen LogP contribution in [0.25, 0.3) is 0 Å². The number of hydrogen-bond acceptors (Lipinski definition) is 3. The number of nitrogens with one attached hydrogen (secondary N) is 1. The highest BCUT2D eigenvalue weighted by Gasteiger charge is 2.31. The minimum atomic E-state index is -4.27. The molecule has 0 aliphatic heterocycles. The van der Waals surface area contributed by atoms with Gasteiger partial charge in [0, 0.05) is 10.8 Å². The normalized spacial score (nSPS) is 20.7. The molecule has 7 heteroatoms. The Morgan fingerprint density at radius 3 is 2.56 bits per heavy atom. The van der Waals surface area contributed by atoms with E-state index in [1.807, 2.05) is 6.07 Å². The van der Waals surface area contributed by atoms with Gasteiger partial charge in [0.25, 0.3) is 0 Å². The van der Waals surface area contributed by atoms with Crippen molar-refractivity contribution < 1.29 is 18.0 Å². The Hall–Kier alpha value is -1.68. The van der Waals surface area contributed by atoms with Gasteiger partial charge < -0.3 is 5.32 Å². The molecule has 1 N–H and O–H groups in total. The molecule has 2 rings (SSSR count). The summed E-state index contributed by atoms with van der Waals surface area (Å²) in [5, 5.41) is 11.2. The lowest BCUT2D eigenvalue weighted by molar-refractivity contribution is -0.127. The molecule has 2 unspecified atom stereocenters. The van der Waals surface area contributed by atoms with Gasteiger partial charge in [0.15, 0.2) is 0 Å². The molecule has 0 bridgehead atoms. The summed E-state index contributed by atoms with van der Waals surface area (Å²) in [4.78, 5) is 12.4. The van der Waals surface area contributed by atoms with Gasteiger partial charge >= 0.3 is 5.51 Å². The van der Waals surface area contributed by atoms with Gasteiger partial charge in [0.2, 0.25) is 5.91 Å². The molecule has 0 radical (unpaired) electrons. The minimum absolute atomic E-state index is 0.0282. The summed E-state index contributed by atoms with van der Waals surface area (Å²) < 4.78 is 37.0. The molecule has 1 aliphatic rings. The predicted octanol–water partition coefficient (Wildman–Crippen LogP) is 4.68. The van der Waals surface area contributed by atoms with Gasteiger partial charge in [-0.25, -0.2) is 0 Å². The van der Waals surface area contributed by atoms with Crippen LogP contribution in [0.1, 0.15) is 37.7 Å². The Bertz CT molecular complexity index is 610. The summed E-state index contributed by atoms with van der Waals surface area (Å²) in [5.74, 6) is 0.141. The standard InChI is InChI=1S/C18H21F3N2OS/c19-18(20,21)25-15-9-6-13(7-10-15)5-8-14-3-1-2-4-16(14)17(24)23-12-11-22/h6-7,9-10,14,16H,1-5,8,12H2,(H,23,24). The van der Waals surface area contributed by atoms with E-state index in [4.69, 9.17) is 5.26 Å². The Balaban J connectivity index is 1.90. The van der Waals surface area contributed by atoms with E-state index in [0.717, 1.165) is 44.1 Å². The van der Waals surface area contributed by atoms with Crippen LogP contribution in [0.4, 0.5) is 13.2 Å². The van der Waals surface area contributed by atoms with E-state index in [-0.39, 0.29) is 40.9 Å². The largest absolute Gasteiger partial charge is 0.446 e. The van der Waals surface area contributed by atoms with Crippen molar-refractivity contribution >= 4 is 17.7 Å². The summed E-state index contributed by atoms with van der Waals surface area (Å²) in [5.41, 5.74) is -3.29. The van der Waals surface area contributed by atoms with Crippen LogP contribution in [-0.4, -0.2) is 18.0 Å². The first-order valence-corrected chi connectivity index (χ1v) is 9.20. The number of benzene rings is 1. The molecular formula is C18H21F3N2OS. The number of halogens is 3. The highest BCUT2D eigenvalue weighted by atomic mass is 32.2. The highest BCUT2D eigenvalue weighted by molar-refractivity contribution is 8.00. The Morgan fingerprint density at radius 1 is 1.24 bits per heavy atom. The van der Waals surface area contributed by atoms with Crippen LogP contribution >= 0.6 is 11.8 Å². The minimum Gasteiger partial charge on any atom is -0.343 e. The molecule has 0 spiro atoms. The average molecular weight is 370 g/mol. The molecular weight excluding hydrogens is 349 g/mol. The monoisotopic (exact) mass is 370 g/mol. The molecule has 1 aromatic carbocycles. The lowest BCUT2D eigenvalue weighted by atomic mass is 9.76. The smallest absolute Gasteiger partial charge is 0.343 e. The second-order valence-electron chi connectivity index (χ2n) is 6.26. The molecule has 3 nitrogen and oxygen atoms in total. The van der Waals surface area contributed by atoms with Gasteiger partial charge in [-0.1, -0.05) is 25.0 Å². The Kier molecular flexibility index (Phi) is 7.18. The van der Waals surface area contributed by atoms with Gasteiger partial charge in [-0.05, 0) is 61.1 Å². The van der Waals surface area contributed by atoms with E-state index >= 15 is 0 Å².